The van der Waals surface area contributed by atoms with Gasteiger partial charge < -0.3 is 14.4 Å². The number of hydrogen-bond donors (Lipinski definition) is 0. The normalized spacial score (nSPS) is 22.1. The third-order valence-electron chi connectivity index (χ3n) is 6.53. The quantitative estimate of drug-likeness (QED) is 0.296. The van der Waals surface area contributed by atoms with Gasteiger partial charge in [-0.3, -0.25) is 4.79 Å². The van der Waals surface area contributed by atoms with Gasteiger partial charge in [-0.25, -0.2) is 4.85 Å². The molecule has 0 spiro atoms. The number of likely N-dealkylation sites (tertiary alicyclic amines) is 1. The monoisotopic (exact) mass is 426 g/mol. The van der Waals surface area contributed by atoms with E-state index in [1.807, 2.05) is 30.9 Å². The fraction of sp³-hybridized carbons (Fsp3) is 0.692. The van der Waals surface area contributed by atoms with Gasteiger partial charge in [0.2, 0.25) is 5.91 Å². The molecular formula is C26H38N2O3. The lowest BCUT2D eigenvalue weighted by molar-refractivity contribution is -0.148. The summed E-state index contributed by atoms with van der Waals surface area (Å²) >= 11 is 0. The summed E-state index contributed by atoms with van der Waals surface area (Å²) in [4.78, 5) is 18.2. The number of amides is 1. The zero-order valence-electron chi connectivity index (χ0n) is 19.5. The lowest BCUT2D eigenvalue weighted by Crippen LogP contribution is -2.55. The molecule has 0 N–H and O–H groups in total. The van der Waals surface area contributed by atoms with E-state index in [0.29, 0.717) is 18.7 Å². The molecule has 2 heterocycles. The lowest BCUT2D eigenvalue weighted by atomic mass is 9.85. The summed E-state index contributed by atoms with van der Waals surface area (Å²) in [6.45, 7) is 15.1. The second-order valence-corrected chi connectivity index (χ2v) is 9.44. The van der Waals surface area contributed by atoms with E-state index in [0.717, 1.165) is 30.7 Å². The maximum Gasteiger partial charge on any atom is 0.223 e. The van der Waals surface area contributed by atoms with Gasteiger partial charge in [0.1, 0.15) is 17.5 Å². The van der Waals surface area contributed by atoms with Gasteiger partial charge >= 0.3 is 0 Å². The van der Waals surface area contributed by atoms with E-state index in [1.54, 1.807) is 6.07 Å². The third kappa shape index (κ3) is 5.80. The number of benzene rings is 1. The van der Waals surface area contributed by atoms with Gasteiger partial charge in [0, 0.05) is 25.1 Å². The minimum atomic E-state index is -0.555. The molecule has 1 amide bonds. The van der Waals surface area contributed by atoms with Crippen LogP contribution in [-0.2, 0) is 9.53 Å². The summed E-state index contributed by atoms with van der Waals surface area (Å²) in [5.74, 6) is 0.927. The maximum absolute atomic E-state index is 12.7. The topological polar surface area (TPSA) is 43.1 Å². The SMILES string of the molecule is [C-]#[N+]c1ccc2c(c1)[C@@H](N1CCCC1=O)[C@H](OCCCCCCCCCC)C(C)(C)O2. The van der Waals surface area contributed by atoms with Crippen LogP contribution in [0.4, 0.5) is 5.69 Å². The molecule has 2 aliphatic rings. The largest absolute Gasteiger partial charge is 0.485 e. The Morgan fingerprint density at radius 1 is 1.16 bits per heavy atom. The molecule has 1 aromatic carbocycles. The van der Waals surface area contributed by atoms with Crippen LogP contribution in [0.1, 0.15) is 96.6 Å². The Balaban J connectivity index is 1.68. The molecule has 2 aliphatic heterocycles. The molecule has 0 aliphatic carbocycles. The van der Waals surface area contributed by atoms with Crippen LogP contribution < -0.4 is 4.74 Å². The van der Waals surface area contributed by atoms with Gasteiger partial charge in [0.05, 0.1) is 12.6 Å². The van der Waals surface area contributed by atoms with Crippen LogP contribution in [0.5, 0.6) is 5.75 Å². The van der Waals surface area contributed by atoms with E-state index in [4.69, 9.17) is 16.0 Å². The van der Waals surface area contributed by atoms with Gasteiger partial charge in [-0.15, -0.1) is 0 Å². The second-order valence-electron chi connectivity index (χ2n) is 9.44. The van der Waals surface area contributed by atoms with E-state index in [2.05, 4.69) is 11.8 Å². The predicted molar refractivity (Wildman–Crippen MR) is 123 cm³/mol. The van der Waals surface area contributed by atoms with E-state index in [1.165, 1.54) is 44.9 Å². The average molecular weight is 427 g/mol. The predicted octanol–water partition coefficient (Wildman–Crippen LogP) is 6.60. The number of fused-ring (bicyclic) bond motifs is 1. The van der Waals surface area contributed by atoms with Gasteiger partial charge in [0.25, 0.3) is 0 Å². The molecule has 5 heteroatoms. The Kier molecular flexibility index (Phi) is 8.37. The van der Waals surface area contributed by atoms with Crippen molar-refractivity contribution >= 4 is 11.6 Å². The van der Waals surface area contributed by atoms with Gasteiger partial charge in [0.15, 0.2) is 5.69 Å². The van der Waals surface area contributed by atoms with Crippen molar-refractivity contribution in [3.8, 4) is 5.75 Å². The summed E-state index contributed by atoms with van der Waals surface area (Å²) < 4.78 is 12.8. The van der Waals surface area contributed by atoms with Crippen LogP contribution >= 0.6 is 0 Å². The minimum Gasteiger partial charge on any atom is -0.485 e. The zero-order valence-corrected chi connectivity index (χ0v) is 19.5. The summed E-state index contributed by atoms with van der Waals surface area (Å²) in [5.41, 5.74) is 0.921. The first-order valence-electron chi connectivity index (χ1n) is 12.1. The minimum absolute atomic E-state index is 0.169. The van der Waals surface area contributed by atoms with Gasteiger partial charge in [-0.2, -0.15) is 0 Å². The number of nitrogens with zero attached hydrogens (tertiary/aromatic N) is 2. The molecule has 0 saturated carbocycles. The zero-order chi connectivity index (χ0) is 22.3. The summed E-state index contributed by atoms with van der Waals surface area (Å²) in [5, 5.41) is 0. The van der Waals surface area contributed by atoms with Crippen LogP contribution in [0, 0.1) is 6.57 Å². The van der Waals surface area contributed by atoms with Crippen molar-refractivity contribution in [2.75, 3.05) is 13.2 Å². The molecule has 170 valence electrons. The van der Waals surface area contributed by atoms with Crippen LogP contribution in [0.3, 0.4) is 0 Å². The number of hydrogen-bond acceptors (Lipinski definition) is 3. The Labute approximate surface area is 187 Å². The molecule has 0 unspecified atom stereocenters. The van der Waals surface area contributed by atoms with Crippen LogP contribution in [0.15, 0.2) is 18.2 Å². The number of rotatable bonds is 11. The molecule has 3 rings (SSSR count). The smallest absolute Gasteiger partial charge is 0.223 e. The van der Waals surface area contributed by atoms with Crippen LogP contribution in [0.25, 0.3) is 4.85 Å². The van der Waals surface area contributed by atoms with E-state index in [9.17, 15) is 4.79 Å². The van der Waals surface area contributed by atoms with Crippen molar-refractivity contribution in [1.82, 2.24) is 4.90 Å². The highest BCUT2D eigenvalue weighted by Crippen LogP contribution is 2.46. The molecular weight excluding hydrogens is 388 g/mol. The molecule has 0 radical (unpaired) electrons. The number of unbranched alkanes of at least 4 members (excludes halogenated alkanes) is 7. The standard InChI is InChI=1S/C26H38N2O3/c1-5-6-7-8-9-10-11-12-18-30-25-24(28-17-13-14-23(28)29)21-19-20(27-4)15-16-22(21)31-26(25,2)3/h15-16,19,24-25H,5-14,17-18H2,1-3H3/t24-,25+/m1/s1. The van der Waals surface area contributed by atoms with Crippen molar-refractivity contribution in [3.63, 3.8) is 0 Å². The van der Waals surface area contributed by atoms with Crippen molar-refractivity contribution in [3.05, 3.63) is 35.2 Å². The van der Waals surface area contributed by atoms with Crippen molar-refractivity contribution < 1.29 is 14.3 Å². The first-order chi connectivity index (χ1) is 15.0. The highest BCUT2D eigenvalue weighted by Gasteiger charge is 2.49. The Morgan fingerprint density at radius 2 is 1.87 bits per heavy atom. The number of ether oxygens (including phenoxy) is 2. The number of carbonyl (C=O) groups excluding carboxylic acids is 1. The second kappa shape index (κ2) is 11.0. The van der Waals surface area contributed by atoms with Crippen molar-refractivity contribution in [1.29, 1.82) is 0 Å². The molecule has 2 atom stereocenters. The lowest BCUT2D eigenvalue weighted by Gasteiger charge is -2.47. The first kappa shape index (κ1) is 23.6. The van der Waals surface area contributed by atoms with E-state index >= 15 is 0 Å². The van der Waals surface area contributed by atoms with E-state index in [-0.39, 0.29) is 18.1 Å². The average Bonchev–Trinajstić information content (AvgIpc) is 3.17. The summed E-state index contributed by atoms with van der Waals surface area (Å²) in [6.07, 6.45) is 11.3. The van der Waals surface area contributed by atoms with Gasteiger partial charge in [-0.1, -0.05) is 57.9 Å². The Bertz CT molecular complexity index is 783. The molecule has 1 fully saturated rings. The Morgan fingerprint density at radius 3 is 2.52 bits per heavy atom. The van der Waals surface area contributed by atoms with Crippen LogP contribution in [0.2, 0.25) is 0 Å². The highest BCUT2D eigenvalue weighted by molar-refractivity contribution is 5.79. The maximum atomic E-state index is 12.7. The third-order valence-corrected chi connectivity index (χ3v) is 6.53. The molecule has 0 aromatic heterocycles. The first-order valence-corrected chi connectivity index (χ1v) is 12.1. The molecule has 31 heavy (non-hydrogen) atoms. The Hall–Kier alpha value is -2.06. The number of carbonyl (C=O) groups is 1. The van der Waals surface area contributed by atoms with Crippen molar-refractivity contribution in [2.45, 2.75) is 103 Å². The van der Waals surface area contributed by atoms with Crippen molar-refractivity contribution in [2.24, 2.45) is 0 Å². The van der Waals surface area contributed by atoms with Gasteiger partial charge in [-0.05, 0) is 38.8 Å². The van der Waals surface area contributed by atoms with E-state index < -0.39 is 5.60 Å². The fourth-order valence-electron chi connectivity index (χ4n) is 4.85. The molecule has 0 bridgehead atoms. The molecule has 1 saturated heterocycles. The summed E-state index contributed by atoms with van der Waals surface area (Å²) in [7, 11) is 0. The fourth-order valence-corrected chi connectivity index (χ4v) is 4.85. The summed E-state index contributed by atoms with van der Waals surface area (Å²) in [6, 6.07) is 5.32. The molecule has 1 aromatic rings. The molecule has 5 nitrogen and oxygen atoms in total. The van der Waals surface area contributed by atoms with Crippen LogP contribution in [-0.4, -0.2) is 35.7 Å². The highest BCUT2D eigenvalue weighted by atomic mass is 16.6.